The monoisotopic (exact) mass is 290 g/mol. The van der Waals surface area contributed by atoms with Crippen molar-refractivity contribution in [2.75, 3.05) is 18.8 Å². The van der Waals surface area contributed by atoms with Gasteiger partial charge in [0.25, 0.3) is 0 Å². The van der Waals surface area contributed by atoms with Crippen LogP contribution in [0.1, 0.15) is 5.56 Å². The summed E-state index contributed by atoms with van der Waals surface area (Å²) in [5, 5.41) is 18.8. The highest BCUT2D eigenvalue weighted by molar-refractivity contribution is 7.89. The van der Waals surface area contributed by atoms with Crippen molar-refractivity contribution < 1.29 is 23.0 Å². The first-order valence-corrected chi connectivity index (χ1v) is 7.09. The number of sulfonamides is 1. The fraction of sp³-hybridized carbons (Fsp3) is 0.455. The van der Waals surface area contributed by atoms with Gasteiger partial charge in [0.15, 0.2) is 0 Å². The lowest BCUT2D eigenvalue weighted by Gasteiger charge is -2.17. The average molecular weight is 290 g/mol. The molecule has 0 aliphatic carbocycles. The normalized spacial score (nSPS) is 24.8. The third-order valence-electron chi connectivity index (χ3n) is 3.16. The molecular formula is C11H15FN2O4S. The second-order valence-electron chi connectivity index (χ2n) is 4.58. The Kier molecular flexibility index (Phi) is 3.52. The van der Waals surface area contributed by atoms with Crippen LogP contribution in [0.4, 0.5) is 10.1 Å². The lowest BCUT2D eigenvalue weighted by molar-refractivity contribution is 0.0572. The third-order valence-corrected chi connectivity index (χ3v) is 5.12. The Morgan fingerprint density at radius 1 is 1.32 bits per heavy atom. The predicted molar refractivity (Wildman–Crippen MR) is 66.3 cm³/mol. The summed E-state index contributed by atoms with van der Waals surface area (Å²) in [6.45, 7) is 0.892. The van der Waals surface area contributed by atoms with Gasteiger partial charge >= 0.3 is 0 Å². The number of hydrogen-bond donors (Lipinski definition) is 3. The van der Waals surface area contributed by atoms with E-state index in [1.54, 1.807) is 0 Å². The van der Waals surface area contributed by atoms with Crippen LogP contribution in [0.25, 0.3) is 0 Å². The Balaban J connectivity index is 2.46. The summed E-state index contributed by atoms with van der Waals surface area (Å²) in [6, 6.07) is 2.22. The summed E-state index contributed by atoms with van der Waals surface area (Å²) >= 11 is 0. The highest BCUT2D eigenvalue weighted by atomic mass is 32.2. The zero-order valence-corrected chi connectivity index (χ0v) is 11.1. The highest BCUT2D eigenvalue weighted by Crippen LogP contribution is 2.27. The summed E-state index contributed by atoms with van der Waals surface area (Å²) in [6.07, 6.45) is -2.28. The van der Waals surface area contributed by atoms with Crippen LogP contribution in [0, 0.1) is 12.7 Å². The van der Waals surface area contributed by atoms with Gasteiger partial charge in [-0.05, 0) is 19.1 Å². The Labute approximate surface area is 110 Å². The summed E-state index contributed by atoms with van der Waals surface area (Å²) in [4.78, 5) is -0.244. The Morgan fingerprint density at radius 2 is 1.84 bits per heavy atom. The van der Waals surface area contributed by atoms with E-state index in [1.807, 2.05) is 0 Å². The zero-order valence-electron chi connectivity index (χ0n) is 10.2. The number of benzene rings is 1. The van der Waals surface area contributed by atoms with Crippen LogP contribution in [-0.2, 0) is 10.0 Å². The average Bonchev–Trinajstić information content (AvgIpc) is 2.65. The van der Waals surface area contributed by atoms with E-state index >= 15 is 0 Å². The summed E-state index contributed by atoms with van der Waals surface area (Å²) in [5.74, 6) is -0.709. The van der Waals surface area contributed by atoms with E-state index in [4.69, 9.17) is 5.73 Å². The number of aliphatic hydroxyl groups excluding tert-OH is 2. The molecule has 0 bridgehead atoms. The smallest absolute Gasteiger partial charge is 0.243 e. The van der Waals surface area contributed by atoms with Crippen LogP contribution >= 0.6 is 0 Å². The summed E-state index contributed by atoms with van der Waals surface area (Å²) in [5.41, 5.74) is 5.42. The van der Waals surface area contributed by atoms with Gasteiger partial charge in [-0.1, -0.05) is 0 Å². The van der Waals surface area contributed by atoms with Gasteiger partial charge < -0.3 is 15.9 Å². The Bertz CT molecular complexity index is 595. The minimum atomic E-state index is -3.99. The van der Waals surface area contributed by atoms with Crippen LogP contribution in [0.2, 0.25) is 0 Å². The molecule has 0 aromatic heterocycles. The SMILES string of the molecule is Cc1c(F)cc(N)cc1S(=O)(=O)N1C[C@@H](O)[C@@H](O)C1. The molecule has 0 saturated carbocycles. The standard InChI is InChI=1S/C11H15FN2O4S/c1-6-8(12)2-7(13)3-11(6)19(17,18)14-4-9(15)10(16)5-14/h2-3,9-10,15-16H,4-5,13H2,1H3/t9-,10+. The first kappa shape index (κ1) is 14.2. The largest absolute Gasteiger partial charge is 0.399 e. The molecule has 0 spiro atoms. The fourth-order valence-electron chi connectivity index (χ4n) is 2.01. The quantitative estimate of drug-likeness (QED) is 0.634. The number of halogens is 1. The molecule has 1 aromatic rings. The number of nitrogen functional groups attached to an aromatic ring is 1. The maximum atomic E-state index is 13.5. The van der Waals surface area contributed by atoms with Crippen LogP contribution < -0.4 is 5.73 Å². The van der Waals surface area contributed by atoms with E-state index in [2.05, 4.69) is 0 Å². The lowest BCUT2D eigenvalue weighted by atomic mass is 10.2. The summed E-state index contributed by atoms with van der Waals surface area (Å²) in [7, 11) is -3.99. The fourth-order valence-corrected chi connectivity index (χ4v) is 3.76. The molecule has 2 atom stereocenters. The van der Waals surface area contributed by atoms with Gasteiger partial charge in [-0.3, -0.25) is 0 Å². The number of nitrogens with zero attached hydrogens (tertiary/aromatic N) is 1. The minimum absolute atomic E-state index is 0.00182. The van der Waals surface area contributed by atoms with Crippen LogP contribution in [0.15, 0.2) is 17.0 Å². The van der Waals surface area contributed by atoms with E-state index in [-0.39, 0.29) is 29.2 Å². The first-order chi connectivity index (χ1) is 8.73. The van der Waals surface area contributed by atoms with Crippen molar-refractivity contribution in [1.82, 2.24) is 4.31 Å². The maximum Gasteiger partial charge on any atom is 0.243 e. The number of hydrogen-bond acceptors (Lipinski definition) is 5. The van der Waals surface area contributed by atoms with Gasteiger partial charge in [0.2, 0.25) is 10.0 Å². The van der Waals surface area contributed by atoms with Gasteiger partial charge in [0.1, 0.15) is 5.82 Å². The molecule has 0 unspecified atom stereocenters. The molecule has 19 heavy (non-hydrogen) atoms. The molecule has 1 aromatic carbocycles. The molecule has 0 amide bonds. The highest BCUT2D eigenvalue weighted by Gasteiger charge is 2.38. The van der Waals surface area contributed by atoms with Crippen LogP contribution in [0.3, 0.4) is 0 Å². The second kappa shape index (κ2) is 4.71. The number of anilines is 1. The van der Waals surface area contributed by atoms with E-state index in [1.165, 1.54) is 13.0 Å². The van der Waals surface area contributed by atoms with E-state index in [0.717, 1.165) is 10.4 Å². The van der Waals surface area contributed by atoms with Gasteiger partial charge in [-0.15, -0.1) is 0 Å². The molecule has 8 heteroatoms. The lowest BCUT2D eigenvalue weighted by Crippen LogP contribution is -2.30. The molecular weight excluding hydrogens is 275 g/mol. The van der Waals surface area contributed by atoms with Crippen molar-refractivity contribution in [3.05, 3.63) is 23.5 Å². The third kappa shape index (κ3) is 2.44. The maximum absolute atomic E-state index is 13.5. The number of β-amino-alcohol motifs (C(OH)–C–C–N with tert-alkyl or cyclic N) is 2. The van der Waals surface area contributed by atoms with Gasteiger partial charge in [0.05, 0.1) is 17.1 Å². The second-order valence-corrected chi connectivity index (χ2v) is 6.49. The Hall–Kier alpha value is -1.22. The van der Waals surface area contributed by atoms with Gasteiger partial charge in [-0.2, -0.15) is 4.31 Å². The molecule has 4 N–H and O–H groups in total. The van der Waals surface area contributed by atoms with Crippen molar-refractivity contribution in [3.63, 3.8) is 0 Å². The molecule has 1 aliphatic heterocycles. The predicted octanol–water partition coefficient (Wildman–Crippen LogP) is -0.558. The van der Waals surface area contributed by atoms with Crippen molar-refractivity contribution >= 4 is 15.7 Å². The first-order valence-electron chi connectivity index (χ1n) is 5.65. The van der Waals surface area contributed by atoms with E-state index in [9.17, 15) is 23.0 Å². The minimum Gasteiger partial charge on any atom is -0.399 e. The molecule has 1 aliphatic rings. The number of rotatable bonds is 2. The molecule has 106 valence electrons. The molecule has 1 fully saturated rings. The van der Waals surface area contributed by atoms with E-state index < -0.39 is 28.0 Å². The van der Waals surface area contributed by atoms with Gasteiger partial charge in [-0.25, -0.2) is 12.8 Å². The topological polar surface area (TPSA) is 104 Å². The molecule has 0 radical (unpaired) electrons. The number of aliphatic hydroxyl groups is 2. The van der Waals surface area contributed by atoms with E-state index in [0.29, 0.717) is 0 Å². The van der Waals surface area contributed by atoms with Crippen molar-refractivity contribution in [1.29, 1.82) is 0 Å². The van der Waals surface area contributed by atoms with Crippen molar-refractivity contribution in [2.45, 2.75) is 24.0 Å². The van der Waals surface area contributed by atoms with Crippen molar-refractivity contribution in [2.24, 2.45) is 0 Å². The Morgan fingerprint density at radius 3 is 2.37 bits per heavy atom. The molecule has 1 heterocycles. The van der Waals surface area contributed by atoms with Crippen LogP contribution in [0.5, 0.6) is 0 Å². The van der Waals surface area contributed by atoms with Crippen LogP contribution in [-0.4, -0.2) is 48.2 Å². The molecule has 2 rings (SSSR count). The summed E-state index contributed by atoms with van der Waals surface area (Å²) < 4.78 is 39.1. The zero-order chi connectivity index (χ0) is 14.4. The molecule has 6 nitrogen and oxygen atoms in total. The van der Waals surface area contributed by atoms with Gasteiger partial charge in [0, 0.05) is 24.3 Å². The van der Waals surface area contributed by atoms with Crippen molar-refractivity contribution in [3.8, 4) is 0 Å². The molecule has 1 saturated heterocycles. The number of nitrogens with two attached hydrogens (primary N) is 1.